The zero-order valence-electron chi connectivity index (χ0n) is 17.2. The molecule has 2 fully saturated rings. The first-order valence-electron chi connectivity index (χ1n) is 10.3. The van der Waals surface area contributed by atoms with Crippen LogP contribution < -0.4 is 4.74 Å². The van der Waals surface area contributed by atoms with Gasteiger partial charge in [-0.15, -0.1) is 0 Å². The molecule has 31 heavy (non-hydrogen) atoms. The van der Waals surface area contributed by atoms with Gasteiger partial charge in [-0.05, 0) is 80.9 Å². The molecule has 0 unspecified atom stereocenters. The van der Waals surface area contributed by atoms with Crippen LogP contribution in [0.5, 0.6) is 11.5 Å². The number of methoxy groups -OCH3 is 1. The van der Waals surface area contributed by atoms with Crippen molar-refractivity contribution >= 4 is 16.0 Å². The Morgan fingerprint density at radius 1 is 1.00 bits per heavy atom. The lowest BCUT2D eigenvalue weighted by Gasteiger charge is -2.24. The predicted octanol–water partition coefficient (Wildman–Crippen LogP) is 3.02. The summed E-state index contributed by atoms with van der Waals surface area (Å²) in [5.74, 6) is -0.0458. The fourth-order valence-electron chi connectivity index (χ4n) is 4.23. The van der Waals surface area contributed by atoms with Crippen LogP contribution >= 0.6 is 0 Å². The van der Waals surface area contributed by atoms with E-state index in [1.807, 2.05) is 0 Å². The van der Waals surface area contributed by atoms with Crippen molar-refractivity contribution in [2.24, 2.45) is 0 Å². The maximum Gasteiger partial charge on any atom is 0.324 e. The van der Waals surface area contributed by atoms with Crippen molar-refractivity contribution < 1.29 is 27.1 Å². The molecule has 4 rings (SSSR count). The summed E-state index contributed by atoms with van der Waals surface area (Å²) in [6.45, 7) is 2.10. The Labute approximate surface area is 181 Å². The molecule has 2 atom stereocenters. The highest BCUT2D eigenvalue weighted by molar-refractivity contribution is 7.89. The fraction of sp³-hybridized carbons (Fsp3) is 0.409. The number of benzene rings is 2. The van der Waals surface area contributed by atoms with Crippen LogP contribution in [-0.2, 0) is 19.6 Å². The lowest BCUT2D eigenvalue weighted by molar-refractivity contribution is -0.144. The Morgan fingerprint density at radius 2 is 1.58 bits per heavy atom. The molecule has 2 aliphatic heterocycles. The van der Waals surface area contributed by atoms with E-state index in [0.29, 0.717) is 17.9 Å². The van der Waals surface area contributed by atoms with Gasteiger partial charge in [-0.25, -0.2) is 12.8 Å². The molecule has 7 nitrogen and oxygen atoms in total. The standard InChI is InChI=1S/C22H25FN2O5S/c1-29-22(26)21-14-17(24-12-2-3-13-24)15-25(21)31(27,28)20-10-8-19(9-11-20)30-18-6-4-16(23)5-7-18/h4-11,17,21H,2-3,12-15H2,1H3/t17-,21+/m0/s1. The highest BCUT2D eigenvalue weighted by Crippen LogP contribution is 2.32. The Bertz CT molecular complexity index is 1020. The molecule has 0 N–H and O–H groups in total. The zero-order valence-corrected chi connectivity index (χ0v) is 18.1. The minimum Gasteiger partial charge on any atom is -0.468 e. The second-order valence-electron chi connectivity index (χ2n) is 7.77. The van der Waals surface area contributed by atoms with Crippen molar-refractivity contribution in [3.8, 4) is 11.5 Å². The predicted molar refractivity (Wildman–Crippen MR) is 112 cm³/mol. The summed E-state index contributed by atoms with van der Waals surface area (Å²) in [6, 6.07) is 10.7. The van der Waals surface area contributed by atoms with Crippen LogP contribution in [0, 0.1) is 5.82 Å². The van der Waals surface area contributed by atoms with Gasteiger partial charge in [-0.1, -0.05) is 0 Å². The number of likely N-dealkylation sites (tertiary alicyclic amines) is 1. The van der Waals surface area contributed by atoms with Gasteiger partial charge >= 0.3 is 5.97 Å². The number of esters is 1. The van der Waals surface area contributed by atoms with Gasteiger partial charge in [0.1, 0.15) is 23.4 Å². The average molecular weight is 449 g/mol. The molecule has 0 aliphatic carbocycles. The largest absolute Gasteiger partial charge is 0.468 e. The van der Waals surface area contributed by atoms with Gasteiger partial charge in [0.15, 0.2) is 0 Å². The molecule has 2 aromatic rings. The van der Waals surface area contributed by atoms with E-state index in [1.54, 1.807) is 0 Å². The normalized spacial score (nSPS) is 22.5. The summed E-state index contributed by atoms with van der Waals surface area (Å²) in [5.41, 5.74) is 0. The molecule has 0 aromatic heterocycles. The molecule has 2 aromatic carbocycles. The Balaban J connectivity index is 1.54. The number of halogens is 1. The quantitative estimate of drug-likeness (QED) is 0.633. The lowest BCUT2D eigenvalue weighted by atomic mass is 10.1. The third-order valence-corrected chi connectivity index (χ3v) is 7.73. The molecule has 0 bridgehead atoms. The minimum absolute atomic E-state index is 0.00228. The number of carbonyl (C=O) groups excluding carboxylic acids is 1. The van der Waals surface area contributed by atoms with Crippen LogP contribution in [0.1, 0.15) is 19.3 Å². The first kappa shape index (κ1) is 21.7. The van der Waals surface area contributed by atoms with Crippen molar-refractivity contribution in [3.63, 3.8) is 0 Å². The van der Waals surface area contributed by atoms with Gasteiger partial charge in [-0.3, -0.25) is 9.69 Å². The van der Waals surface area contributed by atoms with Crippen LogP contribution in [-0.4, -0.2) is 62.4 Å². The van der Waals surface area contributed by atoms with Gasteiger partial charge in [0.2, 0.25) is 10.0 Å². The summed E-state index contributed by atoms with van der Waals surface area (Å²) in [6.07, 6.45) is 2.60. The smallest absolute Gasteiger partial charge is 0.324 e. The van der Waals surface area contributed by atoms with Crippen LogP contribution in [0.2, 0.25) is 0 Å². The van der Waals surface area contributed by atoms with Crippen molar-refractivity contribution in [1.29, 1.82) is 0 Å². The summed E-state index contributed by atoms with van der Waals surface area (Å²) in [4.78, 5) is 14.7. The number of carbonyl (C=O) groups is 1. The maximum atomic E-state index is 13.3. The average Bonchev–Trinajstić information content (AvgIpc) is 3.45. The van der Waals surface area contributed by atoms with Crippen molar-refractivity contribution in [2.75, 3.05) is 26.7 Å². The van der Waals surface area contributed by atoms with Crippen LogP contribution in [0.25, 0.3) is 0 Å². The number of hydrogen-bond donors (Lipinski definition) is 0. The van der Waals surface area contributed by atoms with E-state index in [1.165, 1.54) is 59.9 Å². The number of rotatable bonds is 6. The van der Waals surface area contributed by atoms with Crippen molar-refractivity contribution in [2.45, 2.75) is 36.2 Å². The van der Waals surface area contributed by atoms with E-state index < -0.39 is 22.0 Å². The molecule has 166 valence electrons. The molecule has 0 amide bonds. The van der Waals surface area contributed by atoms with Crippen molar-refractivity contribution in [1.82, 2.24) is 9.21 Å². The van der Waals surface area contributed by atoms with Crippen LogP contribution in [0.15, 0.2) is 53.4 Å². The van der Waals surface area contributed by atoms with E-state index in [0.717, 1.165) is 25.9 Å². The van der Waals surface area contributed by atoms with Gasteiger partial charge in [0, 0.05) is 12.6 Å². The SMILES string of the molecule is COC(=O)[C@H]1C[C@H](N2CCCC2)CN1S(=O)(=O)c1ccc(Oc2ccc(F)cc2)cc1. The zero-order chi connectivity index (χ0) is 22.0. The molecule has 0 saturated carbocycles. The Morgan fingerprint density at radius 3 is 2.16 bits per heavy atom. The van der Waals surface area contributed by atoms with Crippen LogP contribution in [0.3, 0.4) is 0 Å². The van der Waals surface area contributed by atoms with E-state index in [4.69, 9.17) is 9.47 Å². The molecule has 2 aliphatic rings. The van der Waals surface area contributed by atoms with E-state index in [9.17, 15) is 17.6 Å². The van der Waals surface area contributed by atoms with Gasteiger partial charge in [0.05, 0.1) is 12.0 Å². The second-order valence-corrected chi connectivity index (χ2v) is 9.66. The third kappa shape index (κ3) is 4.58. The number of sulfonamides is 1. The molecule has 2 saturated heterocycles. The number of ether oxygens (including phenoxy) is 2. The molecular weight excluding hydrogens is 423 g/mol. The summed E-state index contributed by atoms with van der Waals surface area (Å²) >= 11 is 0. The highest BCUT2D eigenvalue weighted by atomic mass is 32.2. The molecule has 9 heteroatoms. The first-order chi connectivity index (χ1) is 14.9. The summed E-state index contributed by atoms with van der Waals surface area (Å²) < 4.78 is 51.5. The highest BCUT2D eigenvalue weighted by Gasteiger charge is 2.46. The second kappa shape index (κ2) is 8.94. The topological polar surface area (TPSA) is 76.2 Å². The van der Waals surface area contributed by atoms with E-state index in [-0.39, 0.29) is 23.3 Å². The Hall–Kier alpha value is -2.49. The Kier molecular flexibility index (Phi) is 6.27. The molecule has 0 radical (unpaired) electrons. The summed E-state index contributed by atoms with van der Waals surface area (Å²) in [5, 5.41) is 0. The molecular formula is C22H25FN2O5S. The van der Waals surface area contributed by atoms with Crippen LogP contribution in [0.4, 0.5) is 4.39 Å². The van der Waals surface area contributed by atoms with E-state index >= 15 is 0 Å². The molecule has 0 spiro atoms. The maximum absolute atomic E-state index is 13.3. The van der Waals surface area contributed by atoms with Gasteiger partial charge in [-0.2, -0.15) is 4.31 Å². The summed E-state index contributed by atoms with van der Waals surface area (Å²) in [7, 11) is -2.62. The minimum atomic E-state index is -3.90. The number of nitrogens with zero attached hydrogens (tertiary/aromatic N) is 2. The number of hydrogen-bond acceptors (Lipinski definition) is 6. The molecule has 2 heterocycles. The van der Waals surface area contributed by atoms with Crippen molar-refractivity contribution in [3.05, 3.63) is 54.3 Å². The lowest BCUT2D eigenvalue weighted by Crippen LogP contribution is -2.41. The first-order valence-corrected chi connectivity index (χ1v) is 11.7. The monoisotopic (exact) mass is 448 g/mol. The van der Waals surface area contributed by atoms with E-state index in [2.05, 4.69) is 4.90 Å². The van der Waals surface area contributed by atoms with Gasteiger partial charge in [0.25, 0.3) is 0 Å². The fourth-order valence-corrected chi connectivity index (χ4v) is 5.85. The van der Waals surface area contributed by atoms with Gasteiger partial charge < -0.3 is 9.47 Å². The third-order valence-electron chi connectivity index (χ3n) is 5.84.